The van der Waals surface area contributed by atoms with E-state index in [-0.39, 0.29) is 11.0 Å². The SMILES string of the molecule is CN(C(=O)On1ccnc1-c1ccc([N+](=O)[O-])cc1)c1ccccc1.Cc1ccc(-c2cnc(Cl)n2OC(=O)N(C)c2ccccc2)cc1. The first-order valence-electron chi connectivity index (χ1n) is 14.7. The van der Waals surface area contributed by atoms with Gasteiger partial charge in [0.25, 0.3) is 5.69 Å². The Balaban J connectivity index is 0.000000191. The summed E-state index contributed by atoms with van der Waals surface area (Å²) < 4.78 is 2.46. The van der Waals surface area contributed by atoms with Crippen LogP contribution in [0.15, 0.2) is 128 Å². The maximum Gasteiger partial charge on any atom is 0.438 e. The summed E-state index contributed by atoms with van der Waals surface area (Å²) in [5.74, 6) is 0.365. The summed E-state index contributed by atoms with van der Waals surface area (Å²) in [6.07, 6.45) is 3.39. The van der Waals surface area contributed by atoms with Crippen molar-refractivity contribution in [1.29, 1.82) is 0 Å². The summed E-state index contributed by atoms with van der Waals surface area (Å²) >= 11 is 6.08. The minimum Gasteiger partial charge on any atom is -0.315 e. The fourth-order valence-electron chi connectivity index (χ4n) is 4.42. The number of nitro benzene ring substituents is 1. The monoisotopic (exact) mass is 679 g/mol. The van der Waals surface area contributed by atoms with Crippen LogP contribution in [0, 0.1) is 17.0 Å². The van der Waals surface area contributed by atoms with Crippen LogP contribution in [0.4, 0.5) is 26.7 Å². The van der Waals surface area contributed by atoms with Crippen LogP contribution >= 0.6 is 11.6 Å². The second-order valence-electron chi connectivity index (χ2n) is 10.5. The Bertz CT molecular complexity index is 2030. The van der Waals surface area contributed by atoms with Gasteiger partial charge in [0.2, 0.25) is 5.28 Å². The summed E-state index contributed by atoms with van der Waals surface area (Å²) in [6, 6.07) is 31.9. The van der Waals surface area contributed by atoms with Gasteiger partial charge in [0.05, 0.1) is 17.3 Å². The molecular weight excluding hydrogens is 650 g/mol. The molecule has 2 aromatic heterocycles. The zero-order valence-corrected chi connectivity index (χ0v) is 27.3. The molecule has 0 radical (unpaired) electrons. The molecule has 248 valence electrons. The summed E-state index contributed by atoms with van der Waals surface area (Å²) in [4.78, 5) is 56.7. The number of anilines is 2. The second-order valence-corrected chi connectivity index (χ2v) is 10.8. The lowest BCUT2D eigenvalue weighted by molar-refractivity contribution is -0.384. The lowest BCUT2D eigenvalue weighted by atomic mass is 10.1. The first-order chi connectivity index (χ1) is 23.6. The Kier molecular flexibility index (Phi) is 10.7. The van der Waals surface area contributed by atoms with Crippen molar-refractivity contribution in [2.24, 2.45) is 0 Å². The number of hydrogen-bond acceptors (Lipinski definition) is 8. The second kappa shape index (κ2) is 15.4. The number of nitro groups is 1. The number of halogens is 1. The molecule has 0 aliphatic heterocycles. The maximum atomic E-state index is 12.4. The van der Waals surface area contributed by atoms with Gasteiger partial charge in [-0.2, -0.15) is 4.73 Å². The fourth-order valence-corrected chi connectivity index (χ4v) is 4.59. The summed E-state index contributed by atoms with van der Waals surface area (Å²) in [6.45, 7) is 2.00. The minimum absolute atomic E-state index is 0.0253. The molecule has 49 heavy (non-hydrogen) atoms. The van der Waals surface area contributed by atoms with Crippen molar-refractivity contribution in [3.05, 3.63) is 149 Å². The molecule has 14 heteroatoms. The molecule has 0 saturated heterocycles. The number of aryl methyl sites for hydroxylation is 1. The molecule has 0 aliphatic carbocycles. The molecule has 0 unspecified atom stereocenters. The predicted octanol–water partition coefficient (Wildman–Crippen LogP) is 7.34. The number of hydrogen-bond donors (Lipinski definition) is 0. The third-order valence-corrected chi connectivity index (χ3v) is 7.40. The van der Waals surface area contributed by atoms with E-state index in [4.69, 9.17) is 21.3 Å². The van der Waals surface area contributed by atoms with E-state index in [1.807, 2.05) is 79.7 Å². The molecule has 2 amide bonds. The van der Waals surface area contributed by atoms with Gasteiger partial charge in [-0.3, -0.25) is 19.9 Å². The highest BCUT2D eigenvalue weighted by Crippen LogP contribution is 2.24. The predicted molar refractivity (Wildman–Crippen MR) is 185 cm³/mol. The first kappa shape index (κ1) is 33.9. The number of nitrogens with zero attached hydrogens (tertiary/aromatic N) is 7. The highest BCUT2D eigenvalue weighted by molar-refractivity contribution is 6.28. The van der Waals surface area contributed by atoms with Crippen LogP contribution in [-0.4, -0.2) is 50.6 Å². The Labute approximate surface area is 286 Å². The molecule has 0 saturated carbocycles. The molecule has 0 fully saturated rings. The van der Waals surface area contributed by atoms with E-state index in [9.17, 15) is 19.7 Å². The van der Waals surface area contributed by atoms with Gasteiger partial charge in [0, 0.05) is 54.9 Å². The van der Waals surface area contributed by atoms with Crippen molar-refractivity contribution in [3.63, 3.8) is 0 Å². The highest BCUT2D eigenvalue weighted by atomic mass is 35.5. The van der Waals surface area contributed by atoms with E-state index in [2.05, 4.69) is 9.97 Å². The normalized spacial score (nSPS) is 10.4. The Hall–Kier alpha value is -6.47. The number of non-ortho nitro benzene ring substituents is 1. The molecule has 0 spiro atoms. The average Bonchev–Trinajstić information content (AvgIpc) is 3.74. The van der Waals surface area contributed by atoms with Crippen LogP contribution in [0.25, 0.3) is 22.6 Å². The van der Waals surface area contributed by atoms with Crippen LogP contribution in [0.1, 0.15) is 5.56 Å². The first-order valence-corrected chi connectivity index (χ1v) is 15.1. The molecule has 6 aromatic rings. The number of rotatable bonds is 7. The molecule has 13 nitrogen and oxygen atoms in total. The molecule has 0 aliphatic rings. The van der Waals surface area contributed by atoms with E-state index in [0.717, 1.165) is 16.8 Å². The molecule has 0 bridgehead atoms. The lowest BCUT2D eigenvalue weighted by Gasteiger charge is -2.17. The van der Waals surface area contributed by atoms with E-state index in [1.165, 1.54) is 43.8 Å². The topological polar surface area (TPSA) is 138 Å². The smallest absolute Gasteiger partial charge is 0.315 e. The molecule has 6 rings (SSSR count). The van der Waals surface area contributed by atoms with E-state index >= 15 is 0 Å². The van der Waals surface area contributed by atoms with Crippen molar-refractivity contribution >= 4 is 40.8 Å². The van der Waals surface area contributed by atoms with Crippen LogP contribution < -0.4 is 19.5 Å². The summed E-state index contributed by atoms with van der Waals surface area (Å²) in [5.41, 5.74) is 4.57. The van der Waals surface area contributed by atoms with Gasteiger partial charge in [-0.05, 0) is 54.9 Å². The Morgan fingerprint density at radius 1 is 0.755 bits per heavy atom. The van der Waals surface area contributed by atoms with Gasteiger partial charge in [-0.1, -0.05) is 66.2 Å². The number of para-hydroxylation sites is 2. The molecule has 4 aromatic carbocycles. The summed E-state index contributed by atoms with van der Waals surface area (Å²) in [5, 5.41) is 10.8. The van der Waals surface area contributed by atoms with E-state index < -0.39 is 17.1 Å². The largest absolute Gasteiger partial charge is 0.438 e. The fraction of sp³-hybridized carbons (Fsp3) is 0.0857. The van der Waals surface area contributed by atoms with Gasteiger partial charge in [-0.25, -0.2) is 19.6 Å². The molecular formula is C35H30ClN7O6. The van der Waals surface area contributed by atoms with Gasteiger partial charge in [0.1, 0.15) is 5.69 Å². The number of benzene rings is 4. The molecule has 0 N–H and O–H groups in total. The van der Waals surface area contributed by atoms with Crippen molar-refractivity contribution in [2.45, 2.75) is 6.92 Å². The third-order valence-electron chi connectivity index (χ3n) is 7.15. The maximum absolute atomic E-state index is 12.4. The molecule has 0 atom stereocenters. The Morgan fingerprint density at radius 3 is 1.84 bits per heavy atom. The van der Waals surface area contributed by atoms with Crippen LogP contribution in [0.3, 0.4) is 0 Å². The van der Waals surface area contributed by atoms with Crippen LogP contribution in [0.5, 0.6) is 0 Å². The van der Waals surface area contributed by atoms with Crippen LogP contribution in [-0.2, 0) is 0 Å². The quantitative estimate of drug-likeness (QED) is 0.126. The van der Waals surface area contributed by atoms with Gasteiger partial charge >= 0.3 is 12.2 Å². The van der Waals surface area contributed by atoms with Crippen LogP contribution in [0.2, 0.25) is 5.28 Å². The Morgan fingerprint density at radius 2 is 1.29 bits per heavy atom. The van der Waals surface area contributed by atoms with E-state index in [1.54, 1.807) is 44.6 Å². The summed E-state index contributed by atoms with van der Waals surface area (Å²) in [7, 11) is 3.23. The third kappa shape index (κ3) is 8.28. The van der Waals surface area contributed by atoms with Gasteiger partial charge in [-0.15, -0.1) is 4.73 Å². The average molecular weight is 680 g/mol. The van der Waals surface area contributed by atoms with E-state index in [0.29, 0.717) is 22.8 Å². The van der Waals surface area contributed by atoms with Crippen molar-refractivity contribution < 1.29 is 24.2 Å². The van der Waals surface area contributed by atoms with Crippen molar-refractivity contribution in [2.75, 3.05) is 23.9 Å². The lowest BCUT2D eigenvalue weighted by Crippen LogP contribution is -2.34. The number of carbonyl (C=O) groups excluding carboxylic acids is 2. The minimum atomic E-state index is -0.590. The van der Waals surface area contributed by atoms with Gasteiger partial charge in [0.15, 0.2) is 5.82 Å². The molecule has 2 heterocycles. The highest BCUT2D eigenvalue weighted by Gasteiger charge is 2.19. The standard InChI is InChI=1S/C18H16ClN3O2.C17H14N4O4/c1-13-8-10-14(11-9-13)16-12-20-17(19)22(16)24-18(23)21(2)15-6-4-3-5-7-15;1-19(14-5-3-2-4-6-14)17(22)25-20-12-11-18-16(20)13-7-9-15(10-8-13)21(23)24/h3-12H,1-2H3;2-12H,1H3. The van der Waals surface area contributed by atoms with Gasteiger partial charge < -0.3 is 9.68 Å². The van der Waals surface area contributed by atoms with Crippen molar-refractivity contribution in [1.82, 2.24) is 19.4 Å². The van der Waals surface area contributed by atoms with Crippen molar-refractivity contribution in [3.8, 4) is 22.6 Å². The number of amides is 2. The number of carbonyl (C=O) groups is 2. The number of aromatic nitrogens is 4. The zero-order valence-electron chi connectivity index (χ0n) is 26.6. The number of imidazole rings is 2. The zero-order chi connectivity index (χ0) is 34.9.